The van der Waals surface area contributed by atoms with E-state index >= 15 is 0 Å². The zero-order valence-electron chi connectivity index (χ0n) is 12.8. The minimum absolute atomic E-state index is 0.00788. The topological polar surface area (TPSA) is 71.2 Å². The van der Waals surface area contributed by atoms with Crippen LogP contribution in [0.15, 0.2) is 30.5 Å². The highest BCUT2D eigenvalue weighted by molar-refractivity contribution is 5.98. The minimum atomic E-state index is -0.00788. The lowest BCUT2D eigenvalue weighted by molar-refractivity contribution is -0.119. The number of nitrogens with one attached hydrogen (secondary N) is 1. The smallest absolute Gasteiger partial charge is 0.239 e. The number of anilines is 2. The molecule has 1 heterocycles. The van der Waals surface area contributed by atoms with E-state index in [2.05, 4.69) is 24.1 Å². The van der Waals surface area contributed by atoms with Crippen molar-refractivity contribution in [1.29, 1.82) is 0 Å². The molecule has 2 rings (SSSR count). The number of carbonyl (C=O) groups is 1. The van der Waals surface area contributed by atoms with Crippen molar-refractivity contribution >= 4 is 28.2 Å². The van der Waals surface area contributed by atoms with Gasteiger partial charge in [0.2, 0.25) is 5.91 Å². The van der Waals surface area contributed by atoms with Crippen molar-refractivity contribution in [3.05, 3.63) is 30.5 Å². The van der Waals surface area contributed by atoms with Crippen LogP contribution in [-0.2, 0) is 4.79 Å². The fraction of sp³-hybridized carbons (Fsp3) is 0.375. The minimum Gasteiger partial charge on any atom is -0.396 e. The number of fused-ring (bicyclic) bond motifs is 1. The molecule has 112 valence electrons. The van der Waals surface area contributed by atoms with Crippen LogP contribution >= 0.6 is 0 Å². The van der Waals surface area contributed by atoms with E-state index < -0.39 is 0 Å². The second kappa shape index (κ2) is 6.43. The maximum atomic E-state index is 12.0. The van der Waals surface area contributed by atoms with Crippen LogP contribution in [0.4, 0.5) is 11.4 Å². The number of nitrogens with zero attached hydrogens (tertiary/aromatic N) is 2. The summed E-state index contributed by atoms with van der Waals surface area (Å²) < 4.78 is 0. The molecule has 1 aromatic carbocycles. The van der Waals surface area contributed by atoms with Crippen LogP contribution in [0.1, 0.15) is 13.8 Å². The predicted octanol–water partition coefficient (Wildman–Crippen LogP) is 2.03. The molecule has 21 heavy (non-hydrogen) atoms. The number of likely N-dealkylation sites (N-methyl/N-ethyl adjacent to an activating group) is 1. The number of amides is 1. The summed E-state index contributed by atoms with van der Waals surface area (Å²) in [5.41, 5.74) is 8.35. The summed E-state index contributed by atoms with van der Waals surface area (Å²) in [5, 5.41) is 3.87. The number of benzene rings is 1. The van der Waals surface area contributed by atoms with Gasteiger partial charge in [-0.2, -0.15) is 0 Å². The van der Waals surface area contributed by atoms with Crippen molar-refractivity contribution < 1.29 is 4.79 Å². The molecule has 0 unspecified atom stereocenters. The zero-order chi connectivity index (χ0) is 15.4. The molecule has 5 nitrogen and oxygen atoms in total. The second-order valence-corrected chi connectivity index (χ2v) is 5.63. The average molecular weight is 286 g/mol. The maximum absolute atomic E-state index is 12.0. The summed E-state index contributed by atoms with van der Waals surface area (Å²) >= 11 is 0. The molecular formula is C16H22N4O. The molecule has 0 atom stereocenters. The Morgan fingerprint density at radius 1 is 1.38 bits per heavy atom. The zero-order valence-corrected chi connectivity index (χ0v) is 12.8. The Morgan fingerprint density at radius 2 is 2.10 bits per heavy atom. The number of nitrogens with two attached hydrogens (primary N) is 1. The van der Waals surface area contributed by atoms with Gasteiger partial charge in [0, 0.05) is 19.0 Å². The van der Waals surface area contributed by atoms with Gasteiger partial charge in [-0.25, -0.2) is 0 Å². The van der Waals surface area contributed by atoms with Gasteiger partial charge in [-0.15, -0.1) is 0 Å². The highest BCUT2D eigenvalue weighted by Crippen LogP contribution is 2.30. The Morgan fingerprint density at radius 3 is 2.81 bits per heavy atom. The normalized spacial score (nSPS) is 10.9. The fourth-order valence-corrected chi connectivity index (χ4v) is 2.24. The first-order chi connectivity index (χ1) is 9.99. The van der Waals surface area contributed by atoms with Crippen LogP contribution in [0.2, 0.25) is 0 Å². The largest absolute Gasteiger partial charge is 0.396 e. The number of rotatable bonds is 5. The Hall–Kier alpha value is -2.30. The van der Waals surface area contributed by atoms with E-state index in [9.17, 15) is 4.79 Å². The maximum Gasteiger partial charge on any atom is 0.239 e. The summed E-state index contributed by atoms with van der Waals surface area (Å²) in [6, 6.07) is 7.78. The lowest BCUT2D eigenvalue weighted by Gasteiger charge is -2.22. The van der Waals surface area contributed by atoms with E-state index in [-0.39, 0.29) is 12.5 Å². The molecule has 0 saturated heterocycles. The van der Waals surface area contributed by atoms with Crippen molar-refractivity contribution in [3.8, 4) is 0 Å². The van der Waals surface area contributed by atoms with Crippen molar-refractivity contribution in [1.82, 2.24) is 10.3 Å². The van der Waals surface area contributed by atoms with Crippen LogP contribution in [0.3, 0.4) is 0 Å². The summed E-state index contributed by atoms with van der Waals surface area (Å²) in [6.45, 7) is 5.08. The predicted molar refractivity (Wildman–Crippen MR) is 87.3 cm³/mol. The third-order valence-corrected chi connectivity index (χ3v) is 3.25. The fourth-order valence-electron chi connectivity index (χ4n) is 2.24. The van der Waals surface area contributed by atoms with E-state index in [1.54, 1.807) is 6.20 Å². The third-order valence-electron chi connectivity index (χ3n) is 3.25. The number of aromatic nitrogens is 1. The van der Waals surface area contributed by atoms with E-state index in [0.717, 1.165) is 16.6 Å². The van der Waals surface area contributed by atoms with Gasteiger partial charge in [-0.3, -0.25) is 9.78 Å². The van der Waals surface area contributed by atoms with E-state index in [1.807, 2.05) is 36.2 Å². The first-order valence-electron chi connectivity index (χ1n) is 7.10. The van der Waals surface area contributed by atoms with Crippen LogP contribution in [-0.4, -0.2) is 31.0 Å². The highest BCUT2D eigenvalue weighted by Gasteiger charge is 2.14. The van der Waals surface area contributed by atoms with Crippen molar-refractivity contribution in [2.45, 2.75) is 13.8 Å². The number of pyridine rings is 1. The molecule has 0 bridgehead atoms. The molecule has 5 heteroatoms. The number of carbonyl (C=O) groups excluding carboxylic acids is 1. The monoisotopic (exact) mass is 286 g/mol. The molecule has 0 aliphatic heterocycles. The third kappa shape index (κ3) is 3.62. The number of para-hydroxylation sites is 1. The average Bonchev–Trinajstić information content (AvgIpc) is 2.44. The van der Waals surface area contributed by atoms with Gasteiger partial charge in [0.25, 0.3) is 0 Å². The van der Waals surface area contributed by atoms with Crippen LogP contribution in [0, 0.1) is 5.92 Å². The SMILES string of the molecule is CC(C)CNC(=O)CN(C)c1c(N)cnc2ccccc12. The van der Waals surface area contributed by atoms with Gasteiger partial charge in [0.15, 0.2) is 0 Å². The standard InChI is InChI=1S/C16H22N4O/c1-11(2)8-19-15(21)10-20(3)16-12-6-4-5-7-14(12)18-9-13(16)17/h4-7,9,11H,8,10,17H2,1-3H3,(H,19,21). The molecule has 0 spiro atoms. The molecule has 0 fully saturated rings. The molecule has 3 N–H and O–H groups in total. The summed E-state index contributed by atoms with van der Waals surface area (Å²) in [4.78, 5) is 18.1. The van der Waals surface area contributed by atoms with Crippen molar-refractivity contribution in [2.75, 3.05) is 30.8 Å². The number of nitrogen functional groups attached to an aromatic ring is 1. The second-order valence-electron chi connectivity index (χ2n) is 5.63. The molecule has 2 aromatic rings. The Bertz CT molecular complexity index is 639. The first kappa shape index (κ1) is 15.1. The quantitative estimate of drug-likeness (QED) is 0.882. The first-order valence-corrected chi connectivity index (χ1v) is 7.10. The Labute approximate surface area is 125 Å². The molecular weight excluding hydrogens is 264 g/mol. The van der Waals surface area contributed by atoms with E-state index in [1.165, 1.54) is 0 Å². The molecule has 1 amide bonds. The summed E-state index contributed by atoms with van der Waals surface area (Å²) in [6.07, 6.45) is 1.64. The van der Waals surface area contributed by atoms with E-state index in [0.29, 0.717) is 18.2 Å². The molecule has 0 saturated carbocycles. The lowest BCUT2D eigenvalue weighted by atomic mass is 10.1. The molecule has 0 aliphatic carbocycles. The van der Waals surface area contributed by atoms with Crippen LogP contribution < -0.4 is 16.0 Å². The Balaban J connectivity index is 2.21. The van der Waals surface area contributed by atoms with Crippen molar-refractivity contribution in [2.24, 2.45) is 5.92 Å². The van der Waals surface area contributed by atoms with Gasteiger partial charge in [-0.1, -0.05) is 32.0 Å². The van der Waals surface area contributed by atoms with Crippen molar-refractivity contribution in [3.63, 3.8) is 0 Å². The number of hydrogen-bond donors (Lipinski definition) is 2. The van der Waals surface area contributed by atoms with Crippen LogP contribution in [0.25, 0.3) is 10.9 Å². The Kier molecular flexibility index (Phi) is 4.62. The molecule has 1 aromatic heterocycles. The number of hydrogen-bond acceptors (Lipinski definition) is 4. The molecule has 0 aliphatic rings. The lowest BCUT2D eigenvalue weighted by Crippen LogP contribution is -2.37. The highest BCUT2D eigenvalue weighted by atomic mass is 16.2. The van der Waals surface area contributed by atoms with E-state index in [4.69, 9.17) is 5.73 Å². The summed E-state index contributed by atoms with van der Waals surface area (Å²) in [5.74, 6) is 0.428. The van der Waals surface area contributed by atoms with Gasteiger partial charge in [-0.05, 0) is 12.0 Å². The summed E-state index contributed by atoms with van der Waals surface area (Å²) in [7, 11) is 1.87. The van der Waals surface area contributed by atoms with Gasteiger partial charge >= 0.3 is 0 Å². The van der Waals surface area contributed by atoms with Gasteiger partial charge in [0.1, 0.15) is 0 Å². The van der Waals surface area contributed by atoms with Gasteiger partial charge < -0.3 is 16.0 Å². The van der Waals surface area contributed by atoms with Crippen LogP contribution in [0.5, 0.6) is 0 Å². The molecule has 0 radical (unpaired) electrons. The van der Waals surface area contributed by atoms with Gasteiger partial charge in [0.05, 0.1) is 29.6 Å².